The van der Waals surface area contributed by atoms with E-state index < -0.39 is 0 Å². The van der Waals surface area contributed by atoms with E-state index in [9.17, 15) is 4.79 Å². The van der Waals surface area contributed by atoms with Crippen molar-refractivity contribution in [2.45, 2.75) is 26.7 Å². The van der Waals surface area contributed by atoms with Gasteiger partial charge in [0.15, 0.2) is 0 Å². The summed E-state index contributed by atoms with van der Waals surface area (Å²) in [6, 6.07) is 0. The summed E-state index contributed by atoms with van der Waals surface area (Å²) in [4.78, 5) is 11.0. The smallest absolute Gasteiger partial charge is 0.338 e. The van der Waals surface area contributed by atoms with E-state index in [1.165, 1.54) is 0 Å². The first-order valence-corrected chi connectivity index (χ1v) is 3.77. The summed E-state index contributed by atoms with van der Waals surface area (Å²) >= 11 is 0. The molecule has 62 valence electrons. The van der Waals surface area contributed by atoms with E-state index in [1.807, 2.05) is 19.9 Å². The SMILES string of the molecule is C=COC(=O)C(=CCC)CC. The predicted molar refractivity (Wildman–Crippen MR) is 45.0 cm³/mol. The van der Waals surface area contributed by atoms with Gasteiger partial charge in [-0.05, 0) is 12.8 Å². The first-order valence-electron chi connectivity index (χ1n) is 3.77. The fourth-order valence-corrected chi connectivity index (χ4v) is 0.770. The highest BCUT2D eigenvalue weighted by Gasteiger charge is 2.05. The van der Waals surface area contributed by atoms with Gasteiger partial charge < -0.3 is 4.74 Å². The van der Waals surface area contributed by atoms with E-state index >= 15 is 0 Å². The molecule has 0 radical (unpaired) electrons. The molecule has 0 saturated heterocycles. The summed E-state index contributed by atoms with van der Waals surface area (Å²) in [5.74, 6) is -0.288. The topological polar surface area (TPSA) is 26.3 Å². The Morgan fingerprint density at radius 3 is 2.55 bits per heavy atom. The molecule has 0 aliphatic rings. The molecule has 0 saturated carbocycles. The quantitative estimate of drug-likeness (QED) is 0.353. The summed E-state index contributed by atoms with van der Waals surface area (Å²) in [5, 5.41) is 0. The second kappa shape index (κ2) is 5.71. The molecule has 0 spiro atoms. The number of carbonyl (C=O) groups excluding carboxylic acids is 1. The Labute approximate surface area is 67.6 Å². The molecule has 0 N–H and O–H groups in total. The van der Waals surface area contributed by atoms with E-state index in [0.717, 1.165) is 12.7 Å². The van der Waals surface area contributed by atoms with Crippen molar-refractivity contribution in [2.24, 2.45) is 0 Å². The largest absolute Gasteiger partial charge is 0.432 e. The molecule has 0 aromatic heterocycles. The van der Waals surface area contributed by atoms with Crippen LogP contribution in [0.1, 0.15) is 26.7 Å². The van der Waals surface area contributed by atoms with Gasteiger partial charge in [-0.3, -0.25) is 0 Å². The molecular weight excluding hydrogens is 140 g/mol. The van der Waals surface area contributed by atoms with Gasteiger partial charge >= 0.3 is 5.97 Å². The van der Waals surface area contributed by atoms with E-state index in [0.29, 0.717) is 12.0 Å². The Hall–Kier alpha value is -1.05. The van der Waals surface area contributed by atoms with Crippen molar-refractivity contribution in [1.29, 1.82) is 0 Å². The first-order chi connectivity index (χ1) is 5.26. The second-order valence-corrected chi connectivity index (χ2v) is 2.06. The monoisotopic (exact) mass is 154 g/mol. The highest BCUT2D eigenvalue weighted by molar-refractivity contribution is 5.88. The van der Waals surface area contributed by atoms with Crippen molar-refractivity contribution in [2.75, 3.05) is 0 Å². The van der Waals surface area contributed by atoms with E-state index in [4.69, 9.17) is 0 Å². The zero-order valence-corrected chi connectivity index (χ0v) is 7.09. The molecule has 0 aromatic rings. The van der Waals surface area contributed by atoms with Crippen LogP contribution in [0.5, 0.6) is 0 Å². The van der Waals surface area contributed by atoms with Gasteiger partial charge in [0.1, 0.15) is 0 Å². The summed E-state index contributed by atoms with van der Waals surface area (Å²) in [6.07, 6.45) is 4.59. The summed E-state index contributed by atoms with van der Waals surface area (Å²) in [7, 11) is 0. The number of hydrogen-bond donors (Lipinski definition) is 0. The van der Waals surface area contributed by atoms with Crippen LogP contribution in [0.15, 0.2) is 24.5 Å². The van der Waals surface area contributed by atoms with Crippen molar-refractivity contribution >= 4 is 5.97 Å². The Morgan fingerprint density at radius 2 is 2.18 bits per heavy atom. The Balaban J connectivity index is 4.13. The number of hydrogen-bond acceptors (Lipinski definition) is 2. The van der Waals surface area contributed by atoms with Crippen molar-refractivity contribution < 1.29 is 9.53 Å². The normalized spacial score (nSPS) is 10.9. The van der Waals surface area contributed by atoms with Crippen LogP contribution in [0.4, 0.5) is 0 Å². The van der Waals surface area contributed by atoms with E-state index in [-0.39, 0.29) is 5.97 Å². The number of rotatable bonds is 4. The van der Waals surface area contributed by atoms with Gasteiger partial charge in [-0.2, -0.15) is 0 Å². The van der Waals surface area contributed by atoms with E-state index in [2.05, 4.69) is 11.3 Å². The van der Waals surface area contributed by atoms with Gasteiger partial charge in [0.25, 0.3) is 0 Å². The summed E-state index contributed by atoms with van der Waals surface area (Å²) < 4.78 is 4.60. The van der Waals surface area contributed by atoms with Crippen molar-refractivity contribution in [3.8, 4) is 0 Å². The van der Waals surface area contributed by atoms with Crippen LogP contribution < -0.4 is 0 Å². The molecule has 0 bridgehead atoms. The molecule has 2 heteroatoms. The molecule has 0 aromatic carbocycles. The number of ether oxygens (including phenoxy) is 1. The summed E-state index contributed by atoms with van der Waals surface area (Å²) in [6.45, 7) is 7.21. The zero-order chi connectivity index (χ0) is 8.69. The predicted octanol–water partition coefficient (Wildman–Crippen LogP) is 2.42. The van der Waals surface area contributed by atoms with Crippen LogP contribution >= 0.6 is 0 Å². The molecule has 0 amide bonds. The number of allylic oxidation sites excluding steroid dienone is 1. The van der Waals surface area contributed by atoms with Gasteiger partial charge in [-0.15, -0.1) is 0 Å². The van der Waals surface area contributed by atoms with Gasteiger partial charge in [0.2, 0.25) is 0 Å². The third kappa shape index (κ3) is 3.61. The molecule has 0 fully saturated rings. The average molecular weight is 154 g/mol. The van der Waals surface area contributed by atoms with Crippen LogP contribution in [0.3, 0.4) is 0 Å². The molecule has 0 unspecified atom stereocenters. The van der Waals surface area contributed by atoms with Crippen molar-refractivity contribution in [1.82, 2.24) is 0 Å². The molecule has 0 aliphatic carbocycles. The van der Waals surface area contributed by atoms with Crippen LogP contribution in [-0.2, 0) is 9.53 Å². The van der Waals surface area contributed by atoms with Crippen LogP contribution in [0.2, 0.25) is 0 Å². The molecule has 0 atom stereocenters. The first kappa shape index (κ1) is 9.95. The lowest BCUT2D eigenvalue weighted by Crippen LogP contribution is -2.02. The van der Waals surface area contributed by atoms with Crippen LogP contribution in [0.25, 0.3) is 0 Å². The lowest BCUT2D eigenvalue weighted by Gasteiger charge is -2.00. The Morgan fingerprint density at radius 1 is 1.55 bits per heavy atom. The maximum absolute atomic E-state index is 11.0. The third-order valence-electron chi connectivity index (χ3n) is 1.28. The number of carbonyl (C=O) groups is 1. The van der Waals surface area contributed by atoms with Gasteiger partial charge in [0, 0.05) is 5.57 Å². The molecule has 0 heterocycles. The lowest BCUT2D eigenvalue weighted by atomic mass is 10.2. The Kier molecular flexibility index (Phi) is 5.17. The third-order valence-corrected chi connectivity index (χ3v) is 1.28. The molecule has 0 rings (SSSR count). The fraction of sp³-hybridized carbons (Fsp3) is 0.444. The van der Waals surface area contributed by atoms with Crippen molar-refractivity contribution in [3.63, 3.8) is 0 Å². The minimum atomic E-state index is -0.288. The maximum Gasteiger partial charge on any atom is 0.338 e. The molecule has 11 heavy (non-hydrogen) atoms. The van der Waals surface area contributed by atoms with Crippen LogP contribution in [-0.4, -0.2) is 5.97 Å². The van der Waals surface area contributed by atoms with Crippen molar-refractivity contribution in [3.05, 3.63) is 24.5 Å². The standard InChI is InChI=1S/C9H14O2/c1-4-7-8(5-2)9(10)11-6-3/h6-7H,3-5H2,1-2H3. The molecular formula is C9H14O2. The number of esters is 1. The van der Waals surface area contributed by atoms with Gasteiger partial charge in [0.05, 0.1) is 6.26 Å². The highest BCUT2D eigenvalue weighted by atomic mass is 16.5. The molecule has 0 aliphatic heterocycles. The summed E-state index contributed by atoms with van der Waals surface area (Å²) in [5.41, 5.74) is 0.715. The Bertz CT molecular complexity index is 168. The maximum atomic E-state index is 11.0. The minimum absolute atomic E-state index is 0.288. The van der Waals surface area contributed by atoms with Gasteiger partial charge in [-0.1, -0.05) is 26.5 Å². The minimum Gasteiger partial charge on any atom is -0.432 e. The van der Waals surface area contributed by atoms with E-state index in [1.54, 1.807) is 0 Å². The highest BCUT2D eigenvalue weighted by Crippen LogP contribution is 2.04. The van der Waals surface area contributed by atoms with Crippen LogP contribution in [0, 0.1) is 0 Å². The second-order valence-electron chi connectivity index (χ2n) is 2.06. The fourth-order valence-electron chi connectivity index (χ4n) is 0.770. The lowest BCUT2D eigenvalue weighted by molar-refractivity contribution is -0.133. The average Bonchev–Trinajstić information content (AvgIpc) is 2.00. The zero-order valence-electron chi connectivity index (χ0n) is 7.09. The van der Waals surface area contributed by atoms with Gasteiger partial charge in [-0.25, -0.2) is 4.79 Å². The molecule has 2 nitrogen and oxygen atoms in total.